The maximum atomic E-state index is 14.3. The van der Waals surface area contributed by atoms with Gasteiger partial charge in [-0.2, -0.15) is 4.31 Å². The third-order valence-electron chi connectivity index (χ3n) is 9.22. The minimum Gasteiger partial charge on any atom is -0.454 e. The molecule has 3 amide bonds. The van der Waals surface area contributed by atoms with Gasteiger partial charge in [0.15, 0.2) is 17.8 Å². The smallest absolute Gasteiger partial charge is 0.407 e. The number of alkyl carbamates (subject to hydrolysis) is 2. The van der Waals surface area contributed by atoms with E-state index >= 15 is 0 Å². The van der Waals surface area contributed by atoms with Crippen LogP contribution < -0.4 is 25.4 Å². The largest absolute Gasteiger partial charge is 0.454 e. The van der Waals surface area contributed by atoms with Gasteiger partial charge >= 0.3 is 12.2 Å². The highest BCUT2D eigenvalue weighted by Gasteiger charge is 2.44. The molecule has 16 nitrogen and oxygen atoms in total. The molecule has 2 saturated heterocycles. The number of nitrogens with one attached hydrogen (secondary N) is 3. The number of carbonyl (C=O) groups excluding carboxylic acids is 3. The topological polar surface area (TPSA) is 200 Å². The predicted octanol–water partition coefficient (Wildman–Crippen LogP) is 2.14. The molecule has 3 aliphatic heterocycles. The van der Waals surface area contributed by atoms with Gasteiger partial charge in [0.1, 0.15) is 6.10 Å². The number of fused-ring (bicyclic) bond motifs is 2. The summed E-state index contributed by atoms with van der Waals surface area (Å²) in [5.74, 6) is 0.224. The summed E-state index contributed by atoms with van der Waals surface area (Å²) in [7, 11) is -3.04. The Morgan fingerprint density at radius 1 is 1.04 bits per heavy atom. The number of hydrogen-bond acceptors (Lipinski definition) is 12. The van der Waals surface area contributed by atoms with Crippen LogP contribution in [-0.2, 0) is 40.2 Å². The van der Waals surface area contributed by atoms with E-state index < -0.39 is 58.1 Å². The number of hydrogen-bond donors (Lipinski definition) is 4. The lowest BCUT2D eigenvalue weighted by Gasteiger charge is -2.35. The molecule has 286 valence electrons. The van der Waals surface area contributed by atoms with Crippen LogP contribution >= 0.6 is 0 Å². The average molecular weight is 749 g/mol. The molecule has 2 aromatic rings. The second-order valence-electron chi connectivity index (χ2n) is 13.8. The quantitative estimate of drug-likeness (QED) is 0.172. The minimum absolute atomic E-state index is 0.0103. The summed E-state index contributed by atoms with van der Waals surface area (Å²) >= 11 is 0. The van der Waals surface area contributed by atoms with E-state index in [1.165, 1.54) is 29.6 Å². The Kier molecular flexibility index (Phi) is 13.2. The molecule has 0 radical (unpaired) electrons. The van der Waals surface area contributed by atoms with E-state index in [2.05, 4.69) is 20.7 Å². The molecule has 0 bridgehead atoms. The molecule has 17 heteroatoms. The van der Waals surface area contributed by atoms with Gasteiger partial charge in [-0.15, -0.1) is 0 Å². The molecular weight excluding hydrogens is 700 g/mol. The molecule has 5 atom stereocenters. The molecule has 3 aliphatic rings. The first kappa shape index (κ1) is 39.1. The van der Waals surface area contributed by atoms with Crippen molar-refractivity contribution in [2.45, 2.75) is 69.0 Å². The first-order valence-corrected chi connectivity index (χ1v) is 18.7. The minimum atomic E-state index is -4.23. The van der Waals surface area contributed by atoms with Crippen LogP contribution in [0.15, 0.2) is 53.4 Å². The van der Waals surface area contributed by atoms with Crippen LogP contribution in [0.5, 0.6) is 11.5 Å². The number of benzene rings is 2. The number of carbonyl (C=O) groups is 3. The summed E-state index contributed by atoms with van der Waals surface area (Å²) in [4.78, 5) is 36.6. The van der Waals surface area contributed by atoms with E-state index in [-0.39, 0.29) is 62.6 Å². The van der Waals surface area contributed by atoms with E-state index in [9.17, 15) is 27.9 Å². The van der Waals surface area contributed by atoms with Gasteiger partial charge in [0.25, 0.3) is 0 Å². The van der Waals surface area contributed by atoms with Crippen molar-refractivity contribution in [2.75, 3.05) is 53.3 Å². The van der Waals surface area contributed by atoms with Crippen LogP contribution in [0.25, 0.3) is 0 Å². The van der Waals surface area contributed by atoms with Crippen LogP contribution in [0.1, 0.15) is 38.7 Å². The monoisotopic (exact) mass is 748 g/mol. The molecule has 0 aliphatic carbocycles. The van der Waals surface area contributed by atoms with Gasteiger partial charge in [-0.3, -0.25) is 4.79 Å². The number of nitrogens with zero attached hydrogens (tertiary/aromatic N) is 1. The molecule has 2 fully saturated rings. The van der Waals surface area contributed by atoms with Crippen molar-refractivity contribution in [1.82, 2.24) is 20.3 Å². The summed E-state index contributed by atoms with van der Waals surface area (Å²) < 4.78 is 62.1. The Hall–Kier alpha value is -4.16. The van der Waals surface area contributed by atoms with Gasteiger partial charge in [0, 0.05) is 25.7 Å². The molecule has 0 saturated carbocycles. The second-order valence-corrected chi connectivity index (χ2v) is 15.7. The zero-order valence-corrected chi connectivity index (χ0v) is 30.4. The third-order valence-corrected chi connectivity index (χ3v) is 11.0. The van der Waals surface area contributed by atoms with Crippen molar-refractivity contribution in [3.8, 4) is 11.5 Å². The highest BCUT2D eigenvalue weighted by Crippen LogP contribution is 2.36. The van der Waals surface area contributed by atoms with Crippen LogP contribution in [0.4, 0.5) is 9.59 Å². The van der Waals surface area contributed by atoms with Crippen LogP contribution in [0.3, 0.4) is 0 Å². The standard InChI is InChI=1S/C35H48N4O12S/c1-35(2,13-7-14-36-31(41)18-37-33(42)46-3)21-39(52(44,45)24-10-11-28-29(17-24)50-22-49-28)19-27(40)26(16-23-8-5-4-6-9-23)38-34(43)51-30-20-48-32-25(30)12-15-47-32/h4-6,8-11,17,25-27,30,32,40H,7,12-16,18-22H2,1-3H3,(H,36,41)(H,37,42)(H,38,43)/t25-,26-,27+,30-,32+/m0/s1. The van der Waals surface area contributed by atoms with Gasteiger partial charge in [-0.05, 0) is 48.8 Å². The number of sulfonamides is 1. The number of methoxy groups -OCH3 is 1. The zero-order valence-electron chi connectivity index (χ0n) is 29.6. The van der Waals surface area contributed by atoms with Gasteiger partial charge in [0.05, 0.1) is 49.8 Å². The van der Waals surface area contributed by atoms with Gasteiger partial charge in [-0.25, -0.2) is 18.0 Å². The predicted molar refractivity (Wildman–Crippen MR) is 185 cm³/mol. The molecule has 5 rings (SSSR count). The fourth-order valence-electron chi connectivity index (χ4n) is 6.43. The number of amides is 3. The fourth-order valence-corrected chi connectivity index (χ4v) is 8.09. The summed E-state index contributed by atoms with van der Waals surface area (Å²) in [5, 5.41) is 19.6. The van der Waals surface area contributed by atoms with E-state index in [1.807, 2.05) is 44.2 Å². The Labute approximate surface area is 303 Å². The van der Waals surface area contributed by atoms with Crippen molar-refractivity contribution in [2.24, 2.45) is 11.3 Å². The molecule has 52 heavy (non-hydrogen) atoms. The van der Waals surface area contributed by atoms with Crippen molar-refractivity contribution in [3.05, 3.63) is 54.1 Å². The van der Waals surface area contributed by atoms with E-state index in [0.29, 0.717) is 31.6 Å². The highest BCUT2D eigenvalue weighted by molar-refractivity contribution is 7.89. The normalized spacial score (nSPS) is 20.5. The van der Waals surface area contributed by atoms with Crippen LogP contribution in [0, 0.1) is 11.3 Å². The Morgan fingerprint density at radius 3 is 2.58 bits per heavy atom. The molecule has 0 spiro atoms. The maximum Gasteiger partial charge on any atom is 0.407 e. The lowest BCUT2D eigenvalue weighted by molar-refractivity contribution is -0.120. The first-order valence-electron chi connectivity index (χ1n) is 17.3. The summed E-state index contributed by atoms with van der Waals surface area (Å²) in [5.41, 5.74) is 0.177. The van der Waals surface area contributed by atoms with Gasteiger partial charge in [-0.1, -0.05) is 44.2 Å². The third kappa shape index (κ3) is 10.5. The fraction of sp³-hybridized carbons (Fsp3) is 0.571. The lowest BCUT2D eigenvalue weighted by atomic mass is 9.87. The number of aliphatic hydroxyl groups is 1. The van der Waals surface area contributed by atoms with E-state index in [0.717, 1.165) is 5.56 Å². The number of ether oxygens (including phenoxy) is 6. The van der Waals surface area contributed by atoms with Gasteiger partial charge < -0.3 is 49.5 Å². The second kappa shape index (κ2) is 17.6. The van der Waals surface area contributed by atoms with Crippen LogP contribution in [0.2, 0.25) is 0 Å². The van der Waals surface area contributed by atoms with Crippen molar-refractivity contribution in [3.63, 3.8) is 0 Å². The summed E-state index contributed by atoms with van der Waals surface area (Å²) in [6.07, 6.45) is -1.89. The molecule has 0 unspecified atom stereocenters. The van der Waals surface area contributed by atoms with Crippen LogP contribution in [-0.4, -0.2) is 114 Å². The van der Waals surface area contributed by atoms with Gasteiger partial charge in [0.2, 0.25) is 22.7 Å². The van der Waals surface area contributed by atoms with Crippen molar-refractivity contribution in [1.29, 1.82) is 0 Å². The molecule has 4 N–H and O–H groups in total. The maximum absolute atomic E-state index is 14.3. The zero-order chi connectivity index (χ0) is 37.3. The Bertz CT molecular complexity index is 1640. The SMILES string of the molecule is COC(=O)NCC(=O)NCCCC(C)(C)CN(C[C@@H](O)[C@H](Cc1ccccc1)NC(=O)O[C@H]1CO[C@H]2OCC[C@H]21)S(=O)(=O)c1ccc2c(c1)OCO2. The first-order chi connectivity index (χ1) is 24.8. The van der Waals surface area contributed by atoms with Crippen molar-refractivity contribution < 1.29 is 56.3 Å². The Balaban J connectivity index is 1.31. The number of rotatable bonds is 17. The molecule has 2 aromatic carbocycles. The summed E-state index contributed by atoms with van der Waals surface area (Å²) in [6, 6.07) is 12.6. The average Bonchev–Trinajstić information content (AvgIpc) is 3.88. The summed E-state index contributed by atoms with van der Waals surface area (Å²) in [6.45, 7) is 4.12. The molecule has 3 heterocycles. The molecule has 0 aromatic heterocycles. The lowest BCUT2D eigenvalue weighted by Crippen LogP contribution is -2.52. The Morgan fingerprint density at radius 2 is 1.81 bits per heavy atom. The highest BCUT2D eigenvalue weighted by atomic mass is 32.2. The van der Waals surface area contributed by atoms with E-state index in [4.69, 9.17) is 23.7 Å². The number of aliphatic hydroxyl groups excluding tert-OH is 1. The molecular formula is C35H48N4O12S. The van der Waals surface area contributed by atoms with Crippen molar-refractivity contribution >= 4 is 28.1 Å². The van der Waals surface area contributed by atoms with E-state index in [1.54, 1.807) is 0 Å².